The molecule has 8 nitrogen and oxygen atoms in total. The molecule has 1 saturated heterocycles. The van der Waals surface area contributed by atoms with Crippen molar-refractivity contribution in [3.63, 3.8) is 0 Å². The van der Waals surface area contributed by atoms with E-state index in [2.05, 4.69) is 6.92 Å². The molecule has 5 fully saturated rings. The molecule has 0 amide bonds. The van der Waals surface area contributed by atoms with E-state index in [1.165, 1.54) is 6.92 Å². The highest BCUT2D eigenvalue weighted by Gasteiger charge is 2.82. The summed E-state index contributed by atoms with van der Waals surface area (Å²) in [6.07, 6.45) is 3.68. The lowest BCUT2D eigenvalue weighted by Gasteiger charge is -2.60. The van der Waals surface area contributed by atoms with Crippen LogP contribution in [0.4, 0.5) is 0 Å². The summed E-state index contributed by atoms with van der Waals surface area (Å²) in [6.45, 7) is 12.3. The predicted octanol–water partition coefficient (Wildman–Crippen LogP) is 4.16. The summed E-state index contributed by atoms with van der Waals surface area (Å²) < 4.78 is 24.0. The summed E-state index contributed by atoms with van der Waals surface area (Å²) in [7, 11) is 0. The Balaban J connectivity index is 1.32. The number of carbonyl (C=O) groups excluding carboxylic acids is 3. The van der Waals surface area contributed by atoms with Crippen molar-refractivity contribution in [3.8, 4) is 0 Å². The molecular formula is C32H46O8. The van der Waals surface area contributed by atoms with Crippen LogP contribution in [0, 0.1) is 40.4 Å². The summed E-state index contributed by atoms with van der Waals surface area (Å²) in [5.74, 6) is 0.598. The van der Waals surface area contributed by atoms with Crippen molar-refractivity contribution in [1.82, 2.24) is 0 Å². The monoisotopic (exact) mass is 558 g/mol. The van der Waals surface area contributed by atoms with Gasteiger partial charge in [-0.05, 0) is 89.4 Å². The topological polar surface area (TPSA) is 112 Å². The number of aliphatic hydroxyl groups is 1. The Morgan fingerprint density at radius 2 is 1.90 bits per heavy atom. The maximum absolute atomic E-state index is 13.9. The second kappa shape index (κ2) is 9.63. The van der Waals surface area contributed by atoms with Crippen LogP contribution in [0.3, 0.4) is 0 Å². The fourth-order valence-electron chi connectivity index (χ4n) is 10.5. The summed E-state index contributed by atoms with van der Waals surface area (Å²) >= 11 is 0. The van der Waals surface area contributed by atoms with Crippen molar-refractivity contribution in [2.75, 3.05) is 13.2 Å². The third-order valence-corrected chi connectivity index (χ3v) is 12.6. The van der Waals surface area contributed by atoms with Crippen molar-refractivity contribution < 1.29 is 38.4 Å². The molecule has 6 rings (SSSR count). The molecule has 4 saturated carbocycles. The first-order valence-corrected chi connectivity index (χ1v) is 15.4. The number of Topliss-reactive ketones (excluding diaryl/α,β-unsaturated/α-hetero) is 1. The number of carbonyl (C=O) groups is 3. The number of hydrogen-bond acceptors (Lipinski definition) is 8. The molecule has 0 unspecified atom stereocenters. The van der Waals surface area contributed by atoms with Gasteiger partial charge in [0.15, 0.2) is 0 Å². The molecule has 0 bridgehead atoms. The molecule has 1 spiro atoms. The first kappa shape index (κ1) is 28.4. The molecule has 0 radical (unpaired) electrons. The van der Waals surface area contributed by atoms with Crippen LogP contribution in [-0.2, 0) is 33.3 Å². The first-order chi connectivity index (χ1) is 18.9. The number of ketones is 1. The van der Waals surface area contributed by atoms with E-state index in [0.717, 1.165) is 44.1 Å². The van der Waals surface area contributed by atoms with Gasteiger partial charge in [-0.15, -0.1) is 0 Å². The quantitative estimate of drug-likeness (QED) is 0.382. The van der Waals surface area contributed by atoms with Crippen molar-refractivity contribution in [2.45, 2.75) is 117 Å². The Kier molecular flexibility index (Phi) is 6.83. The Morgan fingerprint density at radius 3 is 2.58 bits per heavy atom. The molecule has 0 aromatic heterocycles. The minimum atomic E-state index is -0.859. The molecule has 2 heterocycles. The van der Waals surface area contributed by atoms with Crippen molar-refractivity contribution >= 4 is 17.7 Å². The molecule has 4 aliphatic carbocycles. The normalized spacial score (nSPS) is 48.4. The number of rotatable bonds is 6. The smallest absolute Gasteiger partial charge is 0.333 e. The second-order valence-corrected chi connectivity index (χ2v) is 13.9. The maximum Gasteiger partial charge on any atom is 0.333 e. The van der Waals surface area contributed by atoms with E-state index in [1.807, 2.05) is 27.7 Å². The summed E-state index contributed by atoms with van der Waals surface area (Å²) in [5.41, 5.74) is -0.0658. The number of ether oxygens (including phenoxy) is 4. The van der Waals surface area contributed by atoms with Gasteiger partial charge in [0, 0.05) is 37.4 Å². The standard InChI is InChI=1S/C32H46O8/c1-7-37-25-14-26(34)30(6)22-10-11-31(15-38-19(5)33)21(18(4)24-12-16(2)17(3)29(36)39-24)8-9-23(31)20(22)13-27-32(30,40-27)28(25)35/h18,20-25,27-28,35H,7-15H2,1-6H3/t18-,20+,21+,22-,23-,24+,25-,27+,28-,30-,31-,32-/m0/s1. The van der Waals surface area contributed by atoms with E-state index in [9.17, 15) is 19.5 Å². The van der Waals surface area contributed by atoms with Gasteiger partial charge in [0.2, 0.25) is 0 Å². The SMILES string of the molecule is CCO[C@H]1CC(=O)[C@]2(C)[C@H]3CC[C@]4(COC(C)=O)[C@@H]([C@H](C)[C@H]5CC(C)=C(C)C(=O)O5)CC[C@H]4[C@@H]3C[C@H]3O[C@]32[C@H]1O. The van der Waals surface area contributed by atoms with Crippen LogP contribution in [-0.4, -0.2) is 66.1 Å². The lowest BCUT2D eigenvalue weighted by Crippen LogP contribution is -2.68. The number of hydrogen-bond donors (Lipinski definition) is 1. The Labute approximate surface area is 237 Å². The van der Waals surface area contributed by atoms with Crippen molar-refractivity contribution in [3.05, 3.63) is 11.1 Å². The van der Waals surface area contributed by atoms with Crippen LogP contribution >= 0.6 is 0 Å². The van der Waals surface area contributed by atoms with E-state index in [-0.39, 0.29) is 71.4 Å². The van der Waals surface area contributed by atoms with Crippen LogP contribution in [0.1, 0.15) is 86.5 Å². The minimum absolute atomic E-state index is 0.0980. The van der Waals surface area contributed by atoms with Gasteiger partial charge in [-0.1, -0.05) is 12.5 Å². The van der Waals surface area contributed by atoms with Crippen molar-refractivity contribution in [2.24, 2.45) is 40.4 Å². The van der Waals surface area contributed by atoms with Crippen LogP contribution in [0.15, 0.2) is 11.1 Å². The first-order valence-electron chi connectivity index (χ1n) is 15.4. The van der Waals surface area contributed by atoms with E-state index in [4.69, 9.17) is 18.9 Å². The molecule has 8 heteroatoms. The Bertz CT molecular complexity index is 1130. The molecule has 6 aliphatic rings. The zero-order chi connectivity index (χ0) is 28.8. The van der Waals surface area contributed by atoms with Gasteiger partial charge in [-0.25, -0.2) is 4.79 Å². The Hall–Kier alpha value is -1.77. The molecule has 2 aliphatic heterocycles. The molecule has 40 heavy (non-hydrogen) atoms. The maximum atomic E-state index is 13.9. The van der Waals surface area contributed by atoms with E-state index in [1.54, 1.807) is 0 Å². The number of aliphatic hydroxyl groups excluding tert-OH is 1. The highest BCUT2D eigenvalue weighted by Crippen LogP contribution is 2.74. The average Bonchev–Trinajstić information content (AvgIpc) is 3.53. The van der Waals surface area contributed by atoms with E-state index in [0.29, 0.717) is 18.8 Å². The highest BCUT2D eigenvalue weighted by atomic mass is 16.6. The highest BCUT2D eigenvalue weighted by molar-refractivity contribution is 5.90. The Morgan fingerprint density at radius 1 is 1.15 bits per heavy atom. The van der Waals surface area contributed by atoms with E-state index >= 15 is 0 Å². The third-order valence-electron chi connectivity index (χ3n) is 12.6. The zero-order valence-corrected chi connectivity index (χ0v) is 24.9. The number of cyclic esters (lactones) is 1. The summed E-state index contributed by atoms with van der Waals surface area (Å²) in [4.78, 5) is 38.6. The second-order valence-electron chi connectivity index (χ2n) is 13.9. The van der Waals surface area contributed by atoms with Crippen molar-refractivity contribution in [1.29, 1.82) is 0 Å². The molecule has 222 valence electrons. The molecular weight excluding hydrogens is 512 g/mol. The van der Waals surface area contributed by atoms with E-state index < -0.39 is 23.2 Å². The summed E-state index contributed by atoms with van der Waals surface area (Å²) in [6, 6.07) is 0. The van der Waals surface area contributed by atoms with Crippen LogP contribution in [0.5, 0.6) is 0 Å². The molecule has 1 N–H and O–H groups in total. The fourth-order valence-corrected chi connectivity index (χ4v) is 10.5. The largest absolute Gasteiger partial charge is 0.465 e. The molecule has 12 atom stereocenters. The molecule has 0 aromatic carbocycles. The van der Waals surface area contributed by atoms with Gasteiger partial charge in [-0.3, -0.25) is 9.59 Å². The lowest BCUT2D eigenvalue weighted by molar-refractivity contribution is -0.190. The lowest BCUT2D eigenvalue weighted by atomic mass is 9.43. The number of esters is 2. The van der Waals surface area contributed by atoms with Gasteiger partial charge >= 0.3 is 11.9 Å². The molecule has 0 aromatic rings. The number of fused-ring (bicyclic) bond motifs is 4. The van der Waals surface area contributed by atoms with Gasteiger partial charge in [0.05, 0.1) is 24.2 Å². The van der Waals surface area contributed by atoms with Gasteiger partial charge in [0.25, 0.3) is 0 Å². The van der Waals surface area contributed by atoms with Crippen LogP contribution < -0.4 is 0 Å². The predicted molar refractivity (Wildman–Crippen MR) is 145 cm³/mol. The number of epoxide rings is 1. The minimum Gasteiger partial charge on any atom is -0.465 e. The van der Waals surface area contributed by atoms with Gasteiger partial charge in [0.1, 0.15) is 23.6 Å². The van der Waals surface area contributed by atoms with Gasteiger partial charge < -0.3 is 24.1 Å². The van der Waals surface area contributed by atoms with Gasteiger partial charge in [-0.2, -0.15) is 0 Å². The van der Waals surface area contributed by atoms with Crippen LogP contribution in [0.25, 0.3) is 0 Å². The fraction of sp³-hybridized carbons (Fsp3) is 0.844. The zero-order valence-electron chi connectivity index (χ0n) is 24.9. The van der Waals surface area contributed by atoms with Crippen LogP contribution in [0.2, 0.25) is 0 Å². The summed E-state index contributed by atoms with van der Waals surface area (Å²) in [5, 5.41) is 11.5. The third kappa shape index (κ3) is 3.70. The average molecular weight is 559 g/mol.